The van der Waals surface area contributed by atoms with Gasteiger partial charge in [0.2, 0.25) is 0 Å². The van der Waals surface area contributed by atoms with Gasteiger partial charge in [0.25, 0.3) is 0 Å². The van der Waals surface area contributed by atoms with Crippen molar-refractivity contribution in [3.8, 4) is 6.07 Å². The van der Waals surface area contributed by atoms with E-state index in [1.54, 1.807) is 18.2 Å². The van der Waals surface area contributed by atoms with Crippen molar-refractivity contribution in [3.05, 3.63) is 71.3 Å². The Morgan fingerprint density at radius 1 is 1.00 bits per heavy atom. The van der Waals surface area contributed by atoms with Gasteiger partial charge < -0.3 is 4.79 Å². The smallest absolute Gasteiger partial charge is 0.131 e. The Morgan fingerprint density at radius 3 is 2.35 bits per heavy atom. The highest BCUT2D eigenvalue weighted by Crippen LogP contribution is 2.22. The van der Waals surface area contributed by atoms with Crippen LogP contribution >= 0.6 is 0 Å². The summed E-state index contributed by atoms with van der Waals surface area (Å²) >= 11 is 0. The molecular weight excluding hydrogens is 210 g/mol. The zero-order valence-corrected chi connectivity index (χ0v) is 9.21. The normalized spacial score (nSPS) is 11.5. The van der Waals surface area contributed by atoms with E-state index in [0.29, 0.717) is 5.56 Å². The molecule has 2 aromatic rings. The summed E-state index contributed by atoms with van der Waals surface area (Å²) in [4.78, 5) is 11.2. The monoisotopic (exact) mass is 221 g/mol. The molecule has 2 heteroatoms. The molecule has 0 amide bonds. The molecular formula is C15H11NO. The number of rotatable bonds is 3. The molecule has 0 bridgehead atoms. The van der Waals surface area contributed by atoms with Gasteiger partial charge in [0.15, 0.2) is 0 Å². The lowest BCUT2D eigenvalue weighted by molar-refractivity contribution is -0.108. The molecule has 2 nitrogen and oxygen atoms in total. The number of hydrogen-bond donors (Lipinski definition) is 0. The molecule has 0 radical (unpaired) electrons. The van der Waals surface area contributed by atoms with Crippen LogP contribution in [-0.2, 0) is 4.79 Å². The fraction of sp³-hybridized carbons (Fsp3) is 0.0667. The Labute approximate surface area is 100 Å². The van der Waals surface area contributed by atoms with Crippen LogP contribution in [0.5, 0.6) is 0 Å². The largest absolute Gasteiger partial charge is 0.302 e. The van der Waals surface area contributed by atoms with Gasteiger partial charge in [-0.1, -0.05) is 42.5 Å². The summed E-state index contributed by atoms with van der Waals surface area (Å²) in [5.74, 6) is -0.301. The van der Waals surface area contributed by atoms with Crippen LogP contribution in [0.15, 0.2) is 54.6 Å². The van der Waals surface area contributed by atoms with Gasteiger partial charge in [-0.05, 0) is 23.3 Å². The molecule has 0 aliphatic carbocycles. The average molecular weight is 221 g/mol. The van der Waals surface area contributed by atoms with Crippen molar-refractivity contribution >= 4 is 6.29 Å². The van der Waals surface area contributed by atoms with Gasteiger partial charge in [0, 0.05) is 0 Å². The second-order valence-electron chi connectivity index (χ2n) is 3.76. The van der Waals surface area contributed by atoms with Crippen molar-refractivity contribution in [3.63, 3.8) is 0 Å². The van der Waals surface area contributed by atoms with Crippen LogP contribution in [0.4, 0.5) is 0 Å². The minimum absolute atomic E-state index is 0.301. The van der Waals surface area contributed by atoms with E-state index in [2.05, 4.69) is 6.07 Å². The third-order valence-corrected chi connectivity index (χ3v) is 2.67. The molecule has 0 aliphatic heterocycles. The lowest BCUT2D eigenvalue weighted by Crippen LogP contribution is -2.02. The highest BCUT2D eigenvalue weighted by molar-refractivity contribution is 5.68. The molecule has 0 fully saturated rings. The van der Waals surface area contributed by atoms with E-state index in [-0.39, 0.29) is 5.92 Å². The zero-order chi connectivity index (χ0) is 12.1. The summed E-state index contributed by atoms with van der Waals surface area (Å²) < 4.78 is 0. The Hall–Kier alpha value is -2.40. The lowest BCUT2D eigenvalue weighted by atomic mass is 9.92. The van der Waals surface area contributed by atoms with Crippen LogP contribution in [0, 0.1) is 11.3 Å². The maximum Gasteiger partial charge on any atom is 0.131 e. The van der Waals surface area contributed by atoms with Crippen molar-refractivity contribution in [1.82, 2.24) is 0 Å². The van der Waals surface area contributed by atoms with Gasteiger partial charge in [-0.2, -0.15) is 5.26 Å². The summed E-state index contributed by atoms with van der Waals surface area (Å²) in [7, 11) is 0. The van der Waals surface area contributed by atoms with Gasteiger partial charge in [-0.25, -0.2) is 0 Å². The topological polar surface area (TPSA) is 40.9 Å². The van der Waals surface area contributed by atoms with Crippen molar-refractivity contribution in [2.75, 3.05) is 0 Å². The third kappa shape index (κ3) is 2.40. The molecule has 0 spiro atoms. The van der Waals surface area contributed by atoms with E-state index in [4.69, 9.17) is 5.26 Å². The second-order valence-corrected chi connectivity index (χ2v) is 3.76. The first-order valence-electron chi connectivity index (χ1n) is 5.35. The minimum atomic E-state index is -0.301. The van der Waals surface area contributed by atoms with E-state index in [1.807, 2.05) is 36.4 Å². The number of nitrogens with zero attached hydrogens (tertiary/aromatic N) is 1. The maximum absolute atomic E-state index is 11.2. The number of carbonyl (C=O) groups is 1. The van der Waals surface area contributed by atoms with Crippen LogP contribution < -0.4 is 0 Å². The van der Waals surface area contributed by atoms with E-state index in [1.165, 1.54) is 0 Å². The summed E-state index contributed by atoms with van der Waals surface area (Å²) in [5, 5.41) is 8.85. The highest BCUT2D eigenvalue weighted by atomic mass is 16.1. The Kier molecular flexibility index (Phi) is 3.32. The molecule has 2 rings (SSSR count). The molecule has 0 N–H and O–H groups in total. The molecule has 2 aromatic carbocycles. The maximum atomic E-state index is 11.2. The number of hydrogen-bond acceptors (Lipinski definition) is 2. The fourth-order valence-electron chi connectivity index (χ4n) is 1.81. The predicted octanol–water partition coefficient (Wildman–Crippen LogP) is 2.89. The van der Waals surface area contributed by atoms with E-state index >= 15 is 0 Å². The molecule has 1 atom stereocenters. The molecule has 0 saturated heterocycles. The molecule has 0 unspecified atom stereocenters. The first-order valence-corrected chi connectivity index (χ1v) is 5.35. The van der Waals surface area contributed by atoms with Gasteiger partial charge in [0.05, 0.1) is 17.6 Å². The predicted molar refractivity (Wildman–Crippen MR) is 65.5 cm³/mol. The van der Waals surface area contributed by atoms with Crippen molar-refractivity contribution < 1.29 is 4.79 Å². The van der Waals surface area contributed by atoms with Crippen LogP contribution in [0.3, 0.4) is 0 Å². The first-order chi connectivity index (χ1) is 8.35. The number of aldehydes is 1. The standard InChI is InChI=1S/C15H11NO/c16-10-12-5-4-8-14(9-12)15(11-17)13-6-2-1-3-7-13/h1-9,11,15H/t15-/m1/s1. The SMILES string of the molecule is N#Cc1cccc([C@H](C=O)c2ccccc2)c1. The van der Waals surface area contributed by atoms with Crippen molar-refractivity contribution in [1.29, 1.82) is 5.26 Å². The van der Waals surface area contributed by atoms with Crippen molar-refractivity contribution in [2.24, 2.45) is 0 Å². The Morgan fingerprint density at radius 2 is 1.71 bits per heavy atom. The van der Waals surface area contributed by atoms with Crippen LogP contribution in [0.1, 0.15) is 22.6 Å². The highest BCUT2D eigenvalue weighted by Gasteiger charge is 2.12. The second kappa shape index (κ2) is 5.09. The zero-order valence-electron chi connectivity index (χ0n) is 9.21. The summed E-state index contributed by atoms with van der Waals surface area (Å²) in [6.07, 6.45) is 0.909. The van der Waals surface area contributed by atoms with Crippen molar-refractivity contribution in [2.45, 2.75) is 5.92 Å². The first kappa shape index (κ1) is 11.1. The van der Waals surface area contributed by atoms with E-state index in [9.17, 15) is 4.79 Å². The molecule has 0 heterocycles. The summed E-state index contributed by atoms with van der Waals surface area (Å²) in [6.45, 7) is 0. The Bertz CT molecular complexity index is 555. The number of nitriles is 1. The van der Waals surface area contributed by atoms with E-state index < -0.39 is 0 Å². The fourth-order valence-corrected chi connectivity index (χ4v) is 1.81. The molecule has 17 heavy (non-hydrogen) atoms. The van der Waals surface area contributed by atoms with Gasteiger partial charge in [-0.15, -0.1) is 0 Å². The minimum Gasteiger partial charge on any atom is -0.302 e. The Balaban J connectivity index is 2.43. The van der Waals surface area contributed by atoms with Gasteiger partial charge in [-0.3, -0.25) is 0 Å². The van der Waals surface area contributed by atoms with Gasteiger partial charge in [0.1, 0.15) is 6.29 Å². The third-order valence-electron chi connectivity index (χ3n) is 2.67. The quantitative estimate of drug-likeness (QED) is 0.748. The van der Waals surface area contributed by atoms with Crippen LogP contribution in [0.25, 0.3) is 0 Å². The molecule has 0 aromatic heterocycles. The number of carbonyl (C=O) groups excluding carboxylic acids is 1. The van der Waals surface area contributed by atoms with Crippen LogP contribution in [-0.4, -0.2) is 6.29 Å². The van der Waals surface area contributed by atoms with Gasteiger partial charge >= 0.3 is 0 Å². The van der Waals surface area contributed by atoms with Crippen LogP contribution in [0.2, 0.25) is 0 Å². The summed E-state index contributed by atoms with van der Waals surface area (Å²) in [5.41, 5.74) is 2.37. The lowest BCUT2D eigenvalue weighted by Gasteiger charge is -2.11. The molecule has 82 valence electrons. The molecule has 0 saturated carbocycles. The van der Waals surface area contributed by atoms with E-state index in [0.717, 1.165) is 17.4 Å². The number of benzene rings is 2. The summed E-state index contributed by atoms with van der Waals surface area (Å²) in [6, 6.07) is 18.8. The molecule has 0 aliphatic rings. The average Bonchev–Trinajstić information content (AvgIpc) is 2.41.